The number of sulfone groups is 1. The van der Waals surface area contributed by atoms with Gasteiger partial charge in [-0.2, -0.15) is 27.1 Å². The molecule has 71 heavy (non-hydrogen) atoms. The van der Waals surface area contributed by atoms with Crippen LogP contribution in [0.2, 0.25) is 0 Å². The minimum atomic E-state index is -5.24. The molecule has 0 saturated carbocycles. The lowest BCUT2D eigenvalue weighted by Gasteiger charge is -2.14. The van der Waals surface area contributed by atoms with Crippen LogP contribution in [0.3, 0.4) is 0 Å². The molecule has 0 saturated heterocycles. The average Bonchev–Trinajstić information content (AvgIpc) is 3.31. The summed E-state index contributed by atoms with van der Waals surface area (Å²) in [7, 11) is -17.5. The molecule has 0 aliphatic heterocycles. The fourth-order valence-electron chi connectivity index (χ4n) is 5.93. The van der Waals surface area contributed by atoms with E-state index in [0.29, 0.717) is 28.9 Å². The minimum Gasteiger partial charge on any atom is -0.505 e. The van der Waals surface area contributed by atoms with Crippen LogP contribution in [-0.2, 0) is 63.0 Å². The zero-order valence-electron chi connectivity index (χ0n) is 35.4. The van der Waals surface area contributed by atoms with E-state index in [9.17, 15) is 47.9 Å². The van der Waals surface area contributed by atoms with E-state index in [1.54, 1.807) is 18.2 Å². The van der Waals surface area contributed by atoms with E-state index in [1.165, 1.54) is 43.5 Å². The number of nitrogens with two attached hydrogens (primary N) is 2. The number of nitrogens with zero attached hydrogens (tertiary/aromatic N) is 6. The van der Waals surface area contributed by atoms with Gasteiger partial charge in [-0.15, -0.1) is 29.1 Å². The SMILES string of the molecule is COc1cc(N)ccc1N=Nc1ccc(NS(=O)(=O)c2ccc(N=Nc3c(S(=O)(=O)O)cc4cc(SOOO)c(N=Nc5ccc(S(=O)(=O)CCOSOOO)cc5S(=O)(=O)O)c(N)c4c3O)cc2)cc1. The van der Waals surface area contributed by atoms with Crippen LogP contribution < -0.4 is 20.9 Å². The maximum Gasteiger partial charge on any atom is 0.296 e. The summed E-state index contributed by atoms with van der Waals surface area (Å²) in [6, 6.07) is 19.5. The largest absolute Gasteiger partial charge is 0.505 e. The van der Waals surface area contributed by atoms with Gasteiger partial charge in [-0.3, -0.25) is 18.0 Å². The fourth-order valence-corrected chi connectivity index (χ4v) is 10.3. The Balaban J connectivity index is 1.30. The molecule has 10 N–H and O–H groups in total. The lowest BCUT2D eigenvalue weighted by Crippen LogP contribution is -2.12. The Morgan fingerprint density at radius 1 is 0.648 bits per heavy atom. The van der Waals surface area contributed by atoms with Crippen LogP contribution in [0.5, 0.6) is 11.5 Å². The molecular formula is C37H33N9O19S6. The highest BCUT2D eigenvalue weighted by Gasteiger charge is 2.27. The lowest BCUT2D eigenvalue weighted by atomic mass is 10.1. The van der Waals surface area contributed by atoms with E-state index < -0.39 is 101 Å². The number of sulfonamides is 1. The van der Waals surface area contributed by atoms with Crippen molar-refractivity contribution < 1.29 is 86.1 Å². The molecule has 376 valence electrons. The molecule has 0 fully saturated rings. The van der Waals surface area contributed by atoms with Gasteiger partial charge in [-0.05, 0) is 96.4 Å². The summed E-state index contributed by atoms with van der Waals surface area (Å²) < 4.78 is 143. The molecule has 28 nitrogen and oxygen atoms in total. The Bertz CT molecular complexity index is 3520. The molecule has 0 bridgehead atoms. The maximum atomic E-state index is 13.3. The molecule has 0 heterocycles. The van der Waals surface area contributed by atoms with E-state index in [0.717, 1.165) is 36.4 Å². The number of aromatic hydroxyl groups is 1. The molecule has 6 rings (SSSR count). The Morgan fingerprint density at radius 2 is 1.24 bits per heavy atom. The van der Waals surface area contributed by atoms with Crippen molar-refractivity contribution in [3.05, 3.63) is 97.1 Å². The summed E-state index contributed by atoms with van der Waals surface area (Å²) in [6.45, 7) is -0.543. The first-order chi connectivity index (χ1) is 33.6. The topological polar surface area (TPSA) is 431 Å². The quantitative estimate of drug-likeness (QED) is 0.00600. The van der Waals surface area contributed by atoms with E-state index in [2.05, 4.69) is 54.2 Å². The summed E-state index contributed by atoms with van der Waals surface area (Å²) >= 11 is 0.269. The molecule has 0 amide bonds. The lowest BCUT2D eigenvalue weighted by molar-refractivity contribution is -0.434. The number of hydrogen-bond donors (Lipinski definition) is 8. The highest BCUT2D eigenvalue weighted by atomic mass is 32.2. The molecule has 0 atom stereocenters. The number of azo groups is 3. The Morgan fingerprint density at radius 3 is 1.87 bits per heavy atom. The van der Waals surface area contributed by atoms with E-state index in [4.69, 9.17) is 30.9 Å². The van der Waals surface area contributed by atoms with Crippen LogP contribution in [0, 0.1) is 0 Å². The molecule has 0 aliphatic carbocycles. The third kappa shape index (κ3) is 13.5. The molecule has 0 unspecified atom stereocenters. The number of fused-ring (bicyclic) bond motifs is 1. The summed E-state index contributed by atoms with van der Waals surface area (Å²) in [4.78, 5) is -3.21. The Kier molecular flexibility index (Phi) is 17.2. The smallest absolute Gasteiger partial charge is 0.296 e. The van der Waals surface area contributed by atoms with Gasteiger partial charge >= 0.3 is 0 Å². The maximum absolute atomic E-state index is 13.3. The van der Waals surface area contributed by atoms with Crippen LogP contribution >= 0.6 is 24.4 Å². The molecule has 0 spiro atoms. The molecule has 0 radical (unpaired) electrons. The van der Waals surface area contributed by atoms with Gasteiger partial charge in [0.2, 0.25) is 0 Å². The van der Waals surface area contributed by atoms with Crippen molar-refractivity contribution >= 4 is 126 Å². The molecular weight excluding hydrogens is 1070 g/mol. The first kappa shape index (κ1) is 53.9. The van der Waals surface area contributed by atoms with Gasteiger partial charge in [0.15, 0.2) is 27.9 Å². The number of anilines is 3. The average molecular weight is 1100 g/mol. The second-order valence-corrected chi connectivity index (χ2v) is 21.5. The number of phenols is 1. The number of ether oxygens (including phenoxy) is 1. The minimum absolute atomic E-state index is 0.0866. The van der Waals surface area contributed by atoms with Crippen LogP contribution in [-0.4, -0.2) is 77.9 Å². The zero-order valence-corrected chi connectivity index (χ0v) is 40.3. The summed E-state index contributed by atoms with van der Waals surface area (Å²) in [5.74, 6) is -1.39. The first-order valence-corrected chi connectivity index (χ1v) is 26.3. The number of rotatable bonds is 22. The molecule has 6 aromatic carbocycles. The number of nitrogen functional groups attached to an aromatic ring is 2. The summed E-state index contributed by atoms with van der Waals surface area (Å²) in [6.07, 6.45) is 0. The predicted octanol–water partition coefficient (Wildman–Crippen LogP) is 8.46. The third-order valence-corrected chi connectivity index (χ3v) is 14.9. The number of benzene rings is 6. The van der Waals surface area contributed by atoms with Gasteiger partial charge in [-0.1, -0.05) is 10.1 Å². The number of nitrogens with one attached hydrogen (secondary N) is 1. The molecule has 6 aromatic rings. The number of hydrogen-bond acceptors (Lipinski definition) is 27. The van der Waals surface area contributed by atoms with Crippen molar-refractivity contribution in [1.29, 1.82) is 0 Å². The van der Waals surface area contributed by atoms with E-state index in [-0.39, 0.29) is 50.9 Å². The van der Waals surface area contributed by atoms with Crippen molar-refractivity contribution in [2.75, 3.05) is 35.7 Å². The Hall–Kier alpha value is -6.48. The van der Waals surface area contributed by atoms with Crippen LogP contribution in [0.4, 0.5) is 51.2 Å². The van der Waals surface area contributed by atoms with Crippen molar-refractivity contribution in [2.45, 2.75) is 24.5 Å². The highest BCUT2D eigenvalue weighted by Crippen LogP contribution is 2.50. The van der Waals surface area contributed by atoms with Gasteiger partial charge in [0.05, 0.1) is 68.6 Å². The second kappa shape index (κ2) is 22.7. The van der Waals surface area contributed by atoms with E-state index >= 15 is 0 Å². The second-order valence-electron chi connectivity index (χ2n) is 13.6. The van der Waals surface area contributed by atoms with Crippen LogP contribution in [0.15, 0.2) is 152 Å². The van der Waals surface area contributed by atoms with Crippen molar-refractivity contribution in [1.82, 2.24) is 0 Å². The fraction of sp³-hybridized carbons (Fsp3) is 0.0811. The molecule has 34 heteroatoms. The van der Waals surface area contributed by atoms with Gasteiger partial charge in [0.25, 0.3) is 30.3 Å². The predicted molar refractivity (Wildman–Crippen MR) is 251 cm³/mol. The number of phenolic OH excluding ortho intramolecular Hbond substituents is 1. The molecule has 0 aliphatic rings. The van der Waals surface area contributed by atoms with Crippen LogP contribution in [0.1, 0.15) is 0 Å². The highest BCUT2D eigenvalue weighted by molar-refractivity contribution is 7.94. The monoisotopic (exact) mass is 1100 g/mol. The number of methoxy groups -OCH3 is 1. The van der Waals surface area contributed by atoms with Gasteiger partial charge in [-0.25, -0.2) is 27.4 Å². The normalized spacial score (nSPS) is 12.7. The van der Waals surface area contributed by atoms with Crippen molar-refractivity contribution in [3.8, 4) is 11.5 Å². The van der Waals surface area contributed by atoms with Crippen molar-refractivity contribution in [3.63, 3.8) is 0 Å². The Labute approximate surface area is 409 Å². The summed E-state index contributed by atoms with van der Waals surface area (Å²) in [5.41, 5.74) is 10.9. The van der Waals surface area contributed by atoms with Crippen molar-refractivity contribution in [2.24, 2.45) is 30.7 Å². The van der Waals surface area contributed by atoms with Gasteiger partial charge < -0.3 is 21.3 Å². The van der Waals surface area contributed by atoms with E-state index in [1.807, 2.05) is 0 Å². The van der Waals surface area contributed by atoms with Gasteiger partial charge in [0.1, 0.15) is 38.3 Å². The third-order valence-electron chi connectivity index (χ3n) is 9.12. The van der Waals surface area contributed by atoms with Gasteiger partial charge in [0, 0.05) is 17.4 Å². The zero-order chi connectivity index (χ0) is 51.7. The first-order valence-electron chi connectivity index (χ1n) is 18.8. The summed E-state index contributed by atoms with van der Waals surface area (Å²) in [5, 5.41) is 58.5. The molecule has 0 aromatic heterocycles. The standard InChI is InChI=1S/C37H33N9O19S6/c1-60-29-18-21(38)2-12-27(29)42-40-22-3-5-24(6-4-22)46-69(52,53)25-9-7-23(8-10-25)41-45-36-32(71(57,58)59)17-20-16-30(66-64-62-48)35(34(39)33(20)37(36)47)44-43-28-13-11-26(19-31(28)70(54,55)56)68(50,51)15-14-61-67-65-63-49/h2-13,16-19,46-49H,14-15,38-39H2,1H3,(H,54,55,56)(H,57,58,59). The van der Waals surface area contributed by atoms with Crippen LogP contribution in [0.25, 0.3) is 10.8 Å².